The number of hydrogen-bond donors (Lipinski definition) is 2. The maximum Gasteiger partial charge on any atom is 0.253 e. The fraction of sp³-hybridized carbons (Fsp3) is 0.143. The summed E-state index contributed by atoms with van der Waals surface area (Å²) < 4.78 is 2.48. The van der Waals surface area contributed by atoms with Gasteiger partial charge in [-0.2, -0.15) is 5.10 Å². The number of carbonyl (C=O) groups excluding carboxylic acids is 1. The molecule has 124 valence electrons. The summed E-state index contributed by atoms with van der Waals surface area (Å²) in [4.78, 5) is 12.0. The van der Waals surface area contributed by atoms with Crippen LogP contribution in [0.1, 0.15) is 10.4 Å². The number of halogens is 2. The summed E-state index contributed by atoms with van der Waals surface area (Å²) in [6.45, 7) is 0.905. The Hall–Kier alpha value is -2.16. The Morgan fingerprint density at radius 3 is 2.75 bits per heavy atom. The van der Waals surface area contributed by atoms with Crippen molar-refractivity contribution in [2.75, 3.05) is 18.4 Å². The van der Waals surface area contributed by atoms with Gasteiger partial charge in [0.1, 0.15) is 10.2 Å². The average molecular weight is 383 g/mol. The highest BCUT2D eigenvalue weighted by Gasteiger charge is 2.13. The van der Waals surface area contributed by atoms with Crippen molar-refractivity contribution >= 4 is 46.3 Å². The quantitative estimate of drug-likeness (QED) is 0.640. The molecule has 7 nitrogen and oxygen atoms in total. The minimum Gasteiger partial charge on any atom is -0.367 e. The molecule has 0 spiro atoms. The molecule has 0 radical (unpaired) electrons. The first-order chi connectivity index (χ1) is 11.6. The molecular weight excluding hydrogens is 371 g/mol. The third-order valence-corrected chi connectivity index (χ3v) is 4.50. The normalized spacial score (nSPS) is 10.6. The Kier molecular flexibility index (Phi) is 5.29. The second kappa shape index (κ2) is 7.61. The Labute approximate surface area is 151 Å². The number of anilines is 1. The van der Waals surface area contributed by atoms with Crippen LogP contribution in [0.2, 0.25) is 8.67 Å². The van der Waals surface area contributed by atoms with E-state index in [-0.39, 0.29) is 5.91 Å². The van der Waals surface area contributed by atoms with Crippen molar-refractivity contribution in [3.8, 4) is 5.82 Å². The van der Waals surface area contributed by atoms with Gasteiger partial charge >= 0.3 is 0 Å². The van der Waals surface area contributed by atoms with Gasteiger partial charge in [-0.1, -0.05) is 23.2 Å². The number of thiophene rings is 1. The zero-order valence-corrected chi connectivity index (χ0v) is 14.6. The minimum absolute atomic E-state index is 0.259. The molecule has 0 aliphatic rings. The van der Waals surface area contributed by atoms with Gasteiger partial charge < -0.3 is 10.6 Å². The first-order valence-electron chi connectivity index (χ1n) is 6.94. The zero-order valence-electron chi connectivity index (χ0n) is 12.2. The van der Waals surface area contributed by atoms with Gasteiger partial charge in [-0.15, -0.1) is 21.5 Å². The van der Waals surface area contributed by atoms with E-state index < -0.39 is 0 Å². The van der Waals surface area contributed by atoms with Gasteiger partial charge in [0.25, 0.3) is 5.91 Å². The van der Waals surface area contributed by atoms with E-state index >= 15 is 0 Å². The largest absolute Gasteiger partial charge is 0.367 e. The van der Waals surface area contributed by atoms with Crippen LogP contribution in [-0.2, 0) is 0 Å². The summed E-state index contributed by atoms with van der Waals surface area (Å²) in [5.74, 6) is 0.977. The predicted molar refractivity (Wildman–Crippen MR) is 94.3 cm³/mol. The highest BCUT2D eigenvalue weighted by molar-refractivity contribution is 7.20. The fourth-order valence-electron chi connectivity index (χ4n) is 1.90. The van der Waals surface area contributed by atoms with Gasteiger partial charge in [-0.25, -0.2) is 4.68 Å². The van der Waals surface area contributed by atoms with Gasteiger partial charge in [0.05, 0.1) is 9.90 Å². The standard InChI is InChI=1S/C14H12Cl2N6OS/c15-10-8-9(13(16)24-10)14(23)18-6-5-17-11-2-3-12(21-20-11)22-7-1-4-19-22/h1-4,7-8H,5-6H2,(H,17,20)(H,18,23). The lowest BCUT2D eigenvalue weighted by molar-refractivity contribution is 0.0956. The molecule has 0 unspecified atom stereocenters. The summed E-state index contributed by atoms with van der Waals surface area (Å²) in [6.07, 6.45) is 3.46. The molecule has 24 heavy (non-hydrogen) atoms. The molecule has 10 heteroatoms. The third kappa shape index (κ3) is 4.02. The van der Waals surface area contributed by atoms with Crippen molar-refractivity contribution in [2.24, 2.45) is 0 Å². The molecule has 0 saturated carbocycles. The van der Waals surface area contributed by atoms with E-state index in [2.05, 4.69) is 25.9 Å². The van der Waals surface area contributed by atoms with Crippen LogP contribution in [-0.4, -0.2) is 39.0 Å². The van der Waals surface area contributed by atoms with Crippen LogP contribution in [0.5, 0.6) is 0 Å². The molecule has 3 rings (SSSR count). The van der Waals surface area contributed by atoms with Crippen LogP contribution in [0.15, 0.2) is 36.7 Å². The van der Waals surface area contributed by atoms with Gasteiger partial charge in [0.2, 0.25) is 0 Å². The molecule has 3 aromatic heterocycles. The van der Waals surface area contributed by atoms with E-state index in [1.54, 1.807) is 35.3 Å². The van der Waals surface area contributed by atoms with Crippen LogP contribution in [0, 0.1) is 0 Å². The van der Waals surface area contributed by atoms with Crippen LogP contribution in [0.4, 0.5) is 5.82 Å². The van der Waals surface area contributed by atoms with E-state index in [9.17, 15) is 4.79 Å². The van der Waals surface area contributed by atoms with E-state index in [0.29, 0.717) is 39.0 Å². The minimum atomic E-state index is -0.259. The molecule has 0 aliphatic carbocycles. The smallest absolute Gasteiger partial charge is 0.253 e. The second-order valence-corrected chi connectivity index (χ2v) is 6.93. The lowest BCUT2D eigenvalue weighted by atomic mass is 10.3. The molecule has 0 saturated heterocycles. The topological polar surface area (TPSA) is 84.7 Å². The summed E-state index contributed by atoms with van der Waals surface area (Å²) >= 11 is 12.9. The van der Waals surface area contributed by atoms with Crippen molar-refractivity contribution < 1.29 is 4.79 Å². The lowest BCUT2D eigenvalue weighted by Crippen LogP contribution is -2.28. The molecule has 0 aliphatic heterocycles. The molecule has 0 bridgehead atoms. The van der Waals surface area contributed by atoms with Gasteiger partial charge in [-0.3, -0.25) is 4.79 Å². The Morgan fingerprint density at radius 2 is 2.12 bits per heavy atom. The number of nitrogens with zero attached hydrogens (tertiary/aromatic N) is 4. The lowest BCUT2D eigenvalue weighted by Gasteiger charge is -2.07. The predicted octanol–water partition coefficient (Wildman–Crippen LogP) is 2.87. The third-order valence-electron chi connectivity index (χ3n) is 3.01. The number of amides is 1. The van der Waals surface area contributed by atoms with Gasteiger partial charge in [-0.05, 0) is 24.3 Å². The molecule has 1 amide bonds. The maximum absolute atomic E-state index is 12.0. The van der Waals surface area contributed by atoms with Crippen LogP contribution >= 0.6 is 34.5 Å². The fourth-order valence-corrected chi connectivity index (χ4v) is 3.36. The Balaban J connectivity index is 1.46. The van der Waals surface area contributed by atoms with E-state index in [4.69, 9.17) is 23.2 Å². The van der Waals surface area contributed by atoms with Crippen molar-refractivity contribution in [3.63, 3.8) is 0 Å². The molecule has 0 aromatic carbocycles. The van der Waals surface area contributed by atoms with E-state index in [1.807, 2.05) is 6.07 Å². The number of aromatic nitrogens is 4. The van der Waals surface area contributed by atoms with Crippen molar-refractivity contribution in [1.82, 2.24) is 25.3 Å². The Morgan fingerprint density at radius 1 is 1.25 bits per heavy atom. The second-order valence-electron chi connectivity index (χ2n) is 4.65. The van der Waals surface area contributed by atoms with Crippen LogP contribution in [0.3, 0.4) is 0 Å². The number of carbonyl (C=O) groups is 1. The van der Waals surface area contributed by atoms with E-state index in [0.717, 1.165) is 11.3 Å². The van der Waals surface area contributed by atoms with Crippen molar-refractivity contribution in [2.45, 2.75) is 0 Å². The average Bonchev–Trinajstić information content (AvgIpc) is 3.21. The van der Waals surface area contributed by atoms with Gasteiger partial charge in [0, 0.05) is 25.5 Å². The SMILES string of the molecule is O=C(NCCNc1ccc(-n2cccn2)nn1)c1cc(Cl)sc1Cl. The highest BCUT2D eigenvalue weighted by Crippen LogP contribution is 2.30. The maximum atomic E-state index is 12.0. The molecular formula is C14H12Cl2N6OS. The molecule has 3 aromatic rings. The highest BCUT2D eigenvalue weighted by atomic mass is 35.5. The Bertz CT molecular complexity index is 818. The number of nitrogens with one attached hydrogen (secondary N) is 2. The molecule has 0 atom stereocenters. The summed E-state index contributed by atoms with van der Waals surface area (Å²) in [5, 5.41) is 18.0. The molecule has 0 fully saturated rings. The zero-order chi connectivity index (χ0) is 16.9. The van der Waals surface area contributed by atoms with Gasteiger partial charge in [0.15, 0.2) is 5.82 Å². The van der Waals surface area contributed by atoms with Crippen LogP contribution in [0.25, 0.3) is 5.82 Å². The number of rotatable bonds is 6. The first kappa shape index (κ1) is 16.7. The van der Waals surface area contributed by atoms with Crippen LogP contribution < -0.4 is 10.6 Å². The molecule has 3 heterocycles. The summed E-state index contributed by atoms with van der Waals surface area (Å²) in [7, 11) is 0. The monoisotopic (exact) mass is 382 g/mol. The number of hydrogen-bond acceptors (Lipinski definition) is 6. The molecule has 2 N–H and O–H groups in total. The van der Waals surface area contributed by atoms with Crippen molar-refractivity contribution in [1.29, 1.82) is 0 Å². The van der Waals surface area contributed by atoms with Crippen molar-refractivity contribution in [3.05, 3.63) is 50.9 Å². The van der Waals surface area contributed by atoms with E-state index in [1.165, 1.54) is 0 Å². The summed E-state index contributed by atoms with van der Waals surface area (Å²) in [5.41, 5.74) is 0.384. The summed E-state index contributed by atoms with van der Waals surface area (Å²) in [6, 6.07) is 6.95. The first-order valence-corrected chi connectivity index (χ1v) is 8.51.